The van der Waals surface area contributed by atoms with Crippen molar-refractivity contribution in [1.29, 1.82) is 0 Å². The summed E-state index contributed by atoms with van der Waals surface area (Å²) in [5.74, 6) is 0.906. The highest BCUT2D eigenvalue weighted by Gasteiger charge is 2.08. The van der Waals surface area contributed by atoms with Gasteiger partial charge >= 0.3 is 0 Å². The fourth-order valence-corrected chi connectivity index (χ4v) is 3.01. The molecule has 0 aliphatic heterocycles. The highest BCUT2D eigenvalue weighted by Crippen LogP contribution is 2.36. The maximum atomic E-state index is 5.91. The van der Waals surface area contributed by atoms with Crippen LogP contribution in [0.2, 0.25) is 0 Å². The zero-order valence-corrected chi connectivity index (χ0v) is 12.1. The molecule has 2 aromatic carbocycles. The average Bonchev–Trinajstić information content (AvgIpc) is 2.41. The molecule has 1 atom stereocenters. The zero-order valence-electron chi connectivity index (χ0n) is 11.3. The van der Waals surface area contributed by atoms with E-state index in [4.69, 9.17) is 10.5 Å². The van der Waals surface area contributed by atoms with Crippen molar-refractivity contribution in [3.8, 4) is 5.75 Å². The van der Waals surface area contributed by atoms with Gasteiger partial charge in [-0.25, -0.2) is 0 Å². The predicted octanol–water partition coefficient (Wildman–Crippen LogP) is 3.74. The summed E-state index contributed by atoms with van der Waals surface area (Å²) in [6.45, 7) is 2.03. The van der Waals surface area contributed by atoms with Gasteiger partial charge in [0.05, 0.1) is 12.0 Å². The average molecular weight is 273 g/mol. The second kappa shape index (κ2) is 6.64. The van der Waals surface area contributed by atoms with E-state index in [1.807, 2.05) is 25.1 Å². The summed E-state index contributed by atoms with van der Waals surface area (Å²) in [6.07, 6.45) is 0.887. The monoisotopic (exact) mass is 273 g/mol. The minimum Gasteiger partial charge on any atom is -0.496 e. The Labute approximate surface area is 119 Å². The van der Waals surface area contributed by atoms with Crippen LogP contribution in [0.25, 0.3) is 0 Å². The lowest BCUT2D eigenvalue weighted by molar-refractivity contribution is 0.405. The Morgan fingerprint density at radius 2 is 1.68 bits per heavy atom. The summed E-state index contributed by atoms with van der Waals surface area (Å²) < 4.78 is 5.39. The molecule has 2 N–H and O–H groups in total. The molecule has 19 heavy (non-hydrogen) atoms. The maximum absolute atomic E-state index is 5.91. The van der Waals surface area contributed by atoms with Crippen LogP contribution in [-0.2, 0) is 6.42 Å². The normalized spacial score (nSPS) is 12.2. The summed E-state index contributed by atoms with van der Waals surface area (Å²) in [5, 5.41) is 0. The molecular formula is C16H19NOS. The third kappa shape index (κ3) is 3.75. The SMILES string of the molecule is COc1ccccc1Sc1ccccc1C[C@H](C)N. The minimum absolute atomic E-state index is 0.166. The fourth-order valence-electron chi connectivity index (χ4n) is 1.94. The molecule has 2 aromatic rings. The van der Waals surface area contributed by atoms with Gasteiger partial charge < -0.3 is 10.5 Å². The number of hydrogen-bond donors (Lipinski definition) is 1. The van der Waals surface area contributed by atoms with Gasteiger partial charge in [0.15, 0.2) is 0 Å². The van der Waals surface area contributed by atoms with Gasteiger partial charge in [0.25, 0.3) is 0 Å². The molecule has 100 valence electrons. The van der Waals surface area contributed by atoms with Crippen LogP contribution in [0.15, 0.2) is 58.3 Å². The largest absolute Gasteiger partial charge is 0.496 e. The standard InChI is InChI=1S/C16H19NOS/c1-12(17)11-13-7-3-5-9-15(13)19-16-10-6-4-8-14(16)18-2/h3-10,12H,11,17H2,1-2H3/t12-/m0/s1. The minimum atomic E-state index is 0.166. The van der Waals surface area contributed by atoms with Crippen molar-refractivity contribution in [3.63, 3.8) is 0 Å². The summed E-state index contributed by atoms with van der Waals surface area (Å²) in [7, 11) is 1.70. The number of ether oxygens (including phenoxy) is 1. The van der Waals surface area contributed by atoms with Crippen molar-refractivity contribution < 1.29 is 4.74 Å². The van der Waals surface area contributed by atoms with Gasteiger partial charge in [-0.1, -0.05) is 42.1 Å². The van der Waals surface area contributed by atoms with Crippen molar-refractivity contribution >= 4 is 11.8 Å². The van der Waals surface area contributed by atoms with Gasteiger partial charge in [-0.3, -0.25) is 0 Å². The van der Waals surface area contributed by atoms with E-state index in [1.165, 1.54) is 10.5 Å². The van der Waals surface area contributed by atoms with E-state index in [0.29, 0.717) is 0 Å². The molecule has 0 unspecified atom stereocenters. The van der Waals surface area contributed by atoms with Crippen molar-refractivity contribution in [2.24, 2.45) is 5.73 Å². The molecule has 0 saturated carbocycles. The highest BCUT2D eigenvalue weighted by atomic mass is 32.2. The molecule has 0 bridgehead atoms. The first-order valence-electron chi connectivity index (χ1n) is 6.35. The number of benzene rings is 2. The summed E-state index contributed by atoms with van der Waals surface area (Å²) in [4.78, 5) is 2.37. The topological polar surface area (TPSA) is 35.2 Å². The third-order valence-corrected chi connectivity index (χ3v) is 3.98. The predicted molar refractivity (Wildman–Crippen MR) is 80.9 cm³/mol. The van der Waals surface area contributed by atoms with Crippen LogP contribution >= 0.6 is 11.8 Å². The van der Waals surface area contributed by atoms with Gasteiger partial charge in [0.2, 0.25) is 0 Å². The molecule has 0 aliphatic rings. The van der Waals surface area contributed by atoms with Crippen LogP contribution in [0.3, 0.4) is 0 Å². The van der Waals surface area contributed by atoms with Crippen LogP contribution < -0.4 is 10.5 Å². The molecule has 0 heterocycles. The first-order valence-corrected chi connectivity index (χ1v) is 7.16. The van der Waals surface area contributed by atoms with E-state index in [-0.39, 0.29) is 6.04 Å². The van der Waals surface area contributed by atoms with E-state index in [1.54, 1.807) is 18.9 Å². The molecule has 0 radical (unpaired) electrons. The van der Waals surface area contributed by atoms with Crippen LogP contribution in [0.1, 0.15) is 12.5 Å². The first-order chi connectivity index (χ1) is 9.20. The second-order valence-corrected chi connectivity index (χ2v) is 5.63. The summed E-state index contributed by atoms with van der Waals surface area (Å²) >= 11 is 1.73. The Morgan fingerprint density at radius 1 is 1.05 bits per heavy atom. The molecule has 0 aliphatic carbocycles. The Bertz CT molecular complexity index is 540. The molecule has 0 amide bonds. The van der Waals surface area contributed by atoms with Crippen molar-refractivity contribution in [2.45, 2.75) is 29.2 Å². The maximum Gasteiger partial charge on any atom is 0.132 e. The van der Waals surface area contributed by atoms with Crippen LogP contribution in [0.4, 0.5) is 0 Å². The van der Waals surface area contributed by atoms with E-state index in [2.05, 4.69) is 30.3 Å². The lowest BCUT2D eigenvalue weighted by Gasteiger charge is -2.12. The van der Waals surface area contributed by atoms with Crippen LogP contribution in [-0.4, -0.2) is 13.2 Å². The smallest absolute Gasteiger partial charge is 0.132 e. The molecule has 0 fully saturated rings. The Balaban J connectivity index is 2.27. The van der Waals surface area contributed by atoms with Crippen molar-refractivity contribution in [2.75, 3.05) is 7.11 Å². The lowest BCUT2D eigenvalue weighted by atomic mass is 10.1. The molecule has 2 rings (SSSR count). The number of methoxy groups -OCH3 is 1. The van der Waals surface area contributed by atoms with Crippen LogP contribution in [0.5, 0.6) is 5.75 Å². The second-order valence-electron chi connectivity index (χ2n) is 4.54. The van der Waals surface area contributed by atoms with Crippen molar-refractivity contribution in [3.05, 3.63) is 54.1 Å². The van der Waals surface area contributed by atoms with E-state index < -0.39 is 0 Å². The number of para-hydroxylation sites is 1. The lowest BCUT2D eigenvalue weighted by Crippen LogP contribution is -2.18. The highest BCUT2D eigenvalue weighted by molar-refractivity contribution is 7.99. The summed E-state index contributed by atoms with van der Waals surface area (Å²) in [5.41, 5.74) is 7.19. The van der Waals surface area contributed by atoms with Crippen LogP contribution in [0, 0.1) is 0 Å². The van der Waals surface area contributed by atoms with Gasteiger partial charge in [-0.15, -0.1) is 0 Å². The molecule has 0 aromatic heterocycles. The molecule has 2 nitrogen and oxygen atoms in total. The Hall–Kier alpha value is -1.45. The molecule has 0 saturated heterocycles. The van der Waals surface area contributed by atoms with E-state index in [0.717, 1.165) is 17.1 Å². The fraction of sp³-hybridized carbons (Fsp3) is 0.250. The Morgan fingerprint density at radius 3 is 2.37 bits per heavy atom. The number of rotatable bonds is 5. The van der Waals surface area contributed by atoms with Gasteiger partial charge in [-0.05, 0) is 37.1 Å². The molecule has 0 spiro atoms. The van der Waals surface area contributed by atoms with E-state index >= 15 is 0 Å². The Kier molecular flexibility index (Phi) is 4.88. The summed E-state index contributed by atoms with van der Waals surface area (Å²) in [6, 6.07) is 16.6. The van der Waals surface area contributed by atoms with Gasteiger partial charge in [0.1, 0.15) is 5.75 Å². The molecule has 3 heteroatoms. The quantitative estimate of drug-likeness (QED) is 0.901. The van der Waals surface area contributed by atoms with Gasteiger partial charge in [0, 0.05) is 10.9 Å². The third-order valence-electron chi connectivity index (χ3n) is 2.80. The zero-order chi connectivity index (χ0) is 13.7. The first kappa shape index (κ1) is 14.0. The van der Waals surface area contributed by atoms with E-state index in [9.17, 15) is 0 Å². The number of hydrogen-bond acceptors (Lipinski definition) is 3. The van der Waals surface area contributed by atoms with Crippen molar-refractivity contribution in [1.82, 2.24) is 0 Å². The number of nitrogens with two attached hydrogens (primary N) is 1. The van der Waals surface area contributed by atoms with Gasteiger partial charge in [-0.2, -0.15) is 0 Å². The molecular weight excluding hydrogens is 254 g/mol.